The van der Waals surface area contributed by atoms with E-state index in [2.05, 4.69) is 32.9 Å². The average Bonchev–Trinajstić information content (AvgIpc) is 3.34. The molecule has 7 heteroatoms. The largest absolute Gasteiger partial charge is 0.493 e. The molecule has 4 heterocycles. The number of anilines is 1. The van der Waals surface area contributed by atoms with Gasteiger partial charge in [-0.05, 0) is 61.2 Å². The Morgan fingerprint density at radius 3 is 2.94 bits per heavy atom. The second-order valence-corrected chi connectivity index (χ2v) is 9.08. The van der Waals surface area contributed by atoms with E-state index in [1.54, 1.807) is 6.20 Å². The van der Waals surface area contributed by atoms with Gasteiger partial charge >= 0.3 is 0 Å². The standard InChI is InChI=1S/C27H23ClN4O2/c1-16-5-7-22-25(9-10-29-27(22)31-16)34-21-6-8-24-18(13-21)11-19(15-33-24)26-30-14-23(32-26)17-3-2-4-20(28)12-17/h2-4,6,8-10,12-14,19H,1,5,7,11,15H2,(H,29,31)(H,30,32). The van der Waals surface area contributed by atoms with Gasteiger partial charge in [-0.1, -0.05) is 30.3 Å². The number of H-pyrrole nitrogens is 1. The van der Waals surface area contributed by atoms with E-state index in [1.807, 2.05) is 48.7 Å². The second-order valence-electron chi connectivity index (χ2n) is 8.64. The fourth-order valence-electron chi connectivity index (χ4n) is 4.51. The number of imidazole rings is 1. The minimum atomic E-state index is 0.125. The third-order valence-corrected chi connectivity index (χ3v) is 6.50. The number of ether oxygens (including phenoxy) is 2. The molecule has 6 nitrogen and oxygen atoms in total. The summed E-state index contributed by atoms with van der Waals surface area (Å²) in [7, 11) is 0. The highest BCUT2D eigenvalue weighted by Gasteiger charge is 2.25. The molecule has 2 aromatic heterocycles. The first-order valence-electron chi connectivity index (χ1n) is 11.3. The van der Waals surface area contributed by atoms with Crippen molar-refractivity contribution in [2.45, 2.75) is 25.2 Å². The lowest BCUT2D eigenvalue weighted by molar-refractivity contribution is 0.257. The summed E-state index contributed by atoms with van der Waals surface area (Å²) in [5, 5.41) is 3.95. The molecule has 6 rings (SSSR count). The third-order valence-electron chi connectivity index (χ3n) is 6.27. The normalized spacial score (nSPS) is 16.7. The molecule has 0 fully saturated rings. The van der Waals surface area contributed by atoms with Gasteiger partial charge in [-0.3, -0.25) is 0 Å². The van der Waals surface area contributed by atoms with E-state index < -0.39 is 0 Å². The second kappa shape index (κ2) is 8.54. The maximum atomic E-state index is 6.29. The van der Waals surface area contributed by atoms with Crippen LogP contribution in [0.5, 0.6) is 17.2 Å². The number of rotatable bonds is 4. The van der Waals surface area contributed by atoms with Crippen molar-refractivity contribution in [3.05, 3.63) is 95.2 Å². The maximum absolute atomic E-state index is 6.29. The van der Waals surface area contributed by atoms with Gasteiger partial charge in [0, 0.05) is 28.0 Å². The van der Waals surface area contributed by atoms with Crippen LogP contribution in [0.1, 0.15) is 29.3 Å². The number of nitrogens with zero attached hydrogens (tertiary/aromatic N) is 2. The summed E-state index contributed by atoms with van der Waals surface area (Å²) in [6.07, 6.45) is 6.14. The van der Waals surface area contributed by atoms with Crippen LogP contribution in [0.15, 0.2) is 73.2 Å². The number of hydrogen-bond donors (Lipinski definition) is 2. The van der Waals surface area contributed by atoms with Crippen LogP contribution in [-0.2, 0) is 12.8 Å². The Balaban J connectivity index is 1.22. The number of hydrogen-bond acceptors (Lipinski definition) is 5. The first-order valence-corrected chi connectivity index (χ1v) is 11.7. The summed E-state index contributed by atoms with van der Waals surface area (Å²) in [6, 6.07) is 15.6. The van der Waals surface area contributed by atoms with Gasteiger partial charge in [-0.15, -0.1) is 0 Å². The molecular formula is C27H23ClN4O2. The predicted molar refractivity (Wildman–Crippen MR) is 133 cm³/mol. The SMILES string of the molecule is C=C1CCc2c(Oc3ccc4c(c3)CC(c3ncc(-c5cccc(Cl)c5)[nH]3)CO4)ccnc2N1. The molecule has 1 atom stereocenters. The Kier molecular flexibility index (Phi) is 5.23. The summed E-state index contributed by atoms with van der Waals surface area (Å²) < 4.78 is 12.4. The van der Waals surface area contributed by atoms with Crippen molar-refractivity contribution >= 4 is 17.4 Å². The maximum Gasteiger partial charge on any atom is 0.137 e. The van der Waals surface area contributed by atoms with E-state index in [0.29, 0.717) is 11.6 Å². The fourth-order valence-corrected chi connectivity index (χ4v) is 4.70. The van der Waals surface area contributed by atoms with Gasteiger partial charge in [0.05, 0.1) is 24.4 Å². The van der Waals surface area contributed by atoms with E-state index in [1.165, 1.54) is 0 Å². The molecule has 0 spiro atoms. The molecular weight excluding hydrogens is 448 g/mol. The van der Waals surface area contributed by atoms with Crippen LogP contribution in [-0.4, -0.2) is 21.6 Å². The number of halogens is 1. The summed E-state index contributed by atoms with van der Waals surface area (Å²) in [4.78, 5) is 12.5. The lowest BCUT2D eigenvalue weighted by Crippen LogP contribution is -2.20. The number of fused-ring (bicyclic) bond motifs is 2. The van der Waals surface area contributed by atoms with Gasteiger partial charge in [0.1, 0.15) is 28.9 Å². The Morgan fingerprint density at radius 2 is 2.03 bits per heavy atom. The number of aromatic amines is 1. The van der Waals surface area contributed by atoms with Gasteiger partial charge in [0.25, 0.3) is 0 Å². The van der Waals surface area contributed by atoms with Crippen LogP contribution in [0.3, 0.4) is 0 Å². The van der Waals surface area contributed by atoms with Crippen molar-refractivity contribution in [1.82, 2.24) is 15.0 Å². The van der Waals surface area contributed by atoms with Crippen LogP contribution >= 0.6 is 11.6 Å². The predicted octanol–water partition coefficient (Wildman–Crippen LogP) is 6.51. The quantitative estimate of drug-likeness (QED) is 0.356. The number of aromatic nitrogens is 3. The van der Waals surface area contributed by atoms with Gasteiger partial charge in [-0.25, -0.2) is 9.97 Å². The first-order chi connectivity index (χ1) is 16.6. The Bertz CT molecular complexity index is 1400. The van der Waals surface area contributed by atoms with Crippen LogP contribution in [0.4, 0.5) is 5.82 Å². The minimum Gasteiger partial charge on any atom is -0.493 e. The highest BCUT2D eigenvalue weighted by molar-refractivity contribution is 6.30. The zero-order valence-electron chi connectivity index (χ0n) is 18.5. The van der Waals surface area contributed by atoms with Gasteiger partial charge in [-0.2, -0.15) is 0 Å². The van der Waals surface area contributed by atoms with E-state index in [9.17, 15) is 0 Å². The molecule has 2 aliphatic rings. The first kappa shape index (κ1) is 20.8. The number of benzene rings is 2. The summed E-state index contributed by atoms with van der Waals surface area (Å²) in [5.41, 5.74) is 5.11. The van der Waals surface area contributed by atoms with Crippen molar-refractivity contribution in [3.8, 4) is 28.5 Å². The number of allylic oxidation sites excluding steroid dienone is 1. The lowest BCUT2D eigenvalue weighted by Gasteiger charge is -2.25. The molecule has 170 valence electrons. The van der Waals surface area contributed by atoms with Gasteiger partial charge in [0.15, 0.2) is 0 Å². The highest BCUT2D eigenvalue weighted by Crippen LogP contribution is 2.38. The molecule has 0 amide bonds. The molecule has 2 aliphatic heterocycles. The average molecular weight is 471 g/mol. The van der Waals surface area contributed by atoms with Crippen molar-refractivity contribution in [3.63, 3.8) is 0 Å². The summed E-state index contributed by atoms with van der Waals surface area (Å²) >= 11 is 6.15. The monoisotopic (exact) mass is 470 g/mol. The number of pyridine rings is 1. The fraction of sp³-hybridized carbons (Fsp3) is 0.185. The molecule has 0 bridgehead atoms. The van der Waals surface area contributed by atoms with E-state index in [4.69, 9.17) is 21.1 Å². The Hall–Kier alpha value is -3.77. The van der Waals surface area contributed by atoms with Crippen LogP contribution in [0.2, 0.25) is 5.02 Å². The Labute approximate surface area is 202 Å². The molecule has 0 radical (unpaired) electrons. The zero-order valence-corrected chi connectivity index (χ0v) is 19.2. The molecule has 1 unspecified atom stereocenters. The van der Waals surface area contributed by atoms with Crippen LogP contribution in [0.25, 0.3) is 11.3 Å². The van der Waals surface area contributed by atoms with Crippen LogP contribution < -0.4 is 14.8 Å². The smallest absolute Gasteiger partial charge is 0.137 e. The summed E-state index contributed by atoms with van der Waals surface area (Å²) in [5.74, 6) is 4.33. The summed E-state index contributed by atoms with van der Waals surface area (Å²) in [6.45, 7) is 4.58. The van der Waals surface area contributed by atoms with Crippen molar-refractivity contribution in [2.75, 3.05) is 11.9 Å². The molecule has 0 saturated heterocycles. The van der Waals surface area contributed by atoms with Crippen LogP contribution in [0, 0.1) is 0 Å². The van der Waals surface area contributed by atoms with Gasteiger partial charge < -0.3 is 19.8 Å². The Morgan fingerprint density at radius 1 is 1.09 bits per heavy atom. The molecule has 2 aromatic carbocycles. The topological polar surface area (TPSA) is 72.1 Å². The minimum absolute atomic E-state index is 0.125. The zero-order chi connectivity index (χ0) is 23.1. The van der Waals surface area contributed by atoms with Crippen molar-refractivity contribution in [2.24, 2.45) is 0 Å². The molecule has 0 saturated carbocycles. The third kappa shape index (κ3) is 4.01. The van der Waals surface area contributed by atoms with Crippen molar-refractivity contribution in [1.29, 1.82) is 0 Å². The van der Waals surface area contributed by atoms with E-state index in [-0.39, 0.29) is 5.92 Å². The van der Waals surface area contributed by atoms with Gasteiger partial charge in [0.2, 0.25) is 0 Å². The molecule has 34 heavy (non-hydrogen) atoms. The molecule has 4 aromatic rings. The molecule has 0 aliphatic carbocycles. The van der Waals surface area contributed by atoms with E-state index in [0.717, 1.165) is 76.2 Å². The van der Waals surface area contributed by atoms with Crippen molar-refractivity contribution < 1.29 is 9.47 Å². The highest BCUT2D eigenvalue weighted by atomic mass is 35.5. The lowest BCUT2D eigenvalue weighted by atomic mass is 9.96. The van der Waals surface area contributed by atoms with E-state index >= 15 is 0 Å². The number of nitrogens with one attached hydrogen (secondary N) is 2. The molecule has 2 N–H and O–H groups in total.